The van der Waals surface area contributed by atoms with E-state index >= 15 is 0 Å². The number of aryl methyl sites for hydroxylation is 1. The summed E-state index contributed by atoms with van der Waals surface area (Å²) in [7, 11) is 0. The van der Waals surface area contributed by atoms with Crippen molar-refractivity contribution in [2.45, 2.75) is 13.5 Å². The third kappa shape index (κ3) is 2.46. The third-order valence-corrected chi connectivity index (χ3v) is 3.72. The highest BCUT2D eigenvalue weighted by atomic mass is 16.3. The minimum Gasteiger partial charge on any atom is -0.508 e. The first-order chi connectivity index (χ1) is 11.2. The first-order valence-electron chi connectivity index (χ1n) is 7.37. The van der Waals surface area contributed by atoms with E-state index in [0.717, 1.165) is 28.3 Å². The smallest absolute Gasteiger partial charge is 0.178 e. The number of benzene rings is 1. The van der Waals surface area contributed by atoms with E-state index < -0.39 is 0 Å². The van der Waals surface area contributed by atoms with E-state index in [2.05, 4.69) is 9.97 Å². The van der Waals surface area contributed by atoms with Gasteiger partial charge in [0.1, 0.15) is 17.0 Å². The van der Waals surface area contributed by atoms with Gasteiger partial charge < -0.3 is 14.1 Å². The number of rotatable bonds is 3. The Hall–Kier alpha value is -3.08. The summed E-state index contributed by atoms with van der Waals surface area (Å²) in [5, 5.41) is 9.69. The van der Waals surface area contributed by atoms with E-state index in [1.165, 1.54) is 0 Å². The molecule has 0 aliphatic rings. The monoisotopic (exact) mass is 305 g/mol. The van der Waals surface area contributed by atoms with Crippen LogP contribution < -0.4 is 0 Å². The van der Waals surface area contributed by atoms with Crippen molar-refractivity contribution in [2.75, 3.05) is 0 Å². The average molecular weight is 305 g/mol. The van der Waals surface area contributed by atoms with E-state index in [1.807, 2.05) is 47.9 Å². The normalized spacial score (nSPS) is 11.2. The molecule has 0 aliphatic carbocycles. The number of aromatic nitrogens is 3. The van der Waals surface area contributed by atoms with Crippen LogP contribution in [0.2, 0.25) is 0 Å². The summed E-state index contributed by atoms with van der Waals surface area (Å²) in [6.07, 6.45) is 1.75. The highest BCUT2D eigenvalue weighted by Gasteiger charge is 2.16. The lowest BCUT2D eigenvalue weighted by Crippen LogP contribution is -2.02. The molecule has 0 fully saturated rings. The lowest BCUT2D eigenvalue weighted by Gasteiger charge is -2.08. The van der Waals surface area contributed by atoms with Gasteiger partial charge in [0.05, 0.1) is 6.54 Å². The molecule has 3 heterocycles. The van der Waals surface area contributed by atoms with Crippen molar-refractivity contribution in [1.29, 1.82) is 0 Å². The van der Waals surface area contributed by atoms with Crippen LogP contribution in [0.1, 0.15) is 11.3 Å². The fourth-order valence-electron chi connectivity index (χ4n) is 2.69. The lowest BCUT2D eigenvalue weighted by molar-refractivity contribution is 0.474. The van der Waals surface area contributed by atoms with Crippen molar-refractivity contribution in [3.8, 4) is 17.3 Å². The first-order valence-corrected chi connectivity index (χ1v) is 7.37. The zero-order valence-corrected chi connectivity index (χ0v) is 12.6. The number of hydrogen-bond acceptors (Lipinski definition) is 4. The molecule has 0 saturated heterocycles. The molecular weight excluding hydrogens is 290 g/mol. The van der Waals surface area contributed by atoms with Crippen molar-refractivity contribution in [1.82, 2.24) is 14.5 Å². The van der Waals surface area contributed by atoms with Crippen LogP contribution in [0.25, 0.3) is 22.7 Å². The minimum absolute atomic E-state index is 0.246. The summed E-state index contributed by atoms with van der Waals surface area (Å²) < 4.78 is 7.74. The van der Waals surface area contributed by atoms with Gasteiger partial charge in [-0.25, -0.2) is 9.97 Å². The molecule has 0 saturated carbocycles. The molecule has 0 bridgehead atoms. The SMILES string of the molecule is Cc1ccc(-c2nc3cccnc3n2Cc2cccc(O)c2)o1. The Labute approximate surface area is 132 Å². The van der Waals surface area contributed by atoms with E-state index in [0.29, 0.717) is 12.3 Å². The minimum atomic E-state index is 0.246. The van der Waals surface area contributed by atoms with Crippen LogP contribution >= 0.6 is 0 Å². The Balaban J connectivity index is 1.89. The molecule has 0 unspecified atom stereocenters. The van der Waals surface area contributed by atoms with Gasteiger partial charge in [-0.15, -0.1) is 0 Å². The van der Waals surface area contributed by atoms with Crippen LogP contribution in [0.5, 0.6) is 5.75 Å². The Morgan fingerprint density at radius 2 is 2.04 bits per heavy atom. The van der Waals surface area contributed by atoms with E-state index in [4.69, 9.17) is 4.42 Å². The lowest BCUT2D eigenvalue weighted by atomic mass is 10.2. The molecule has 3 aromatic heterocycles. The molecule has 4 aromatic rings. The Kier molecular flexibility index (Phi) is 3.12. The summed E-state index contributed by atoms with van der Waals surface area (Å²) >= 11 is 0. The van der Waals surface area contributed by atoms with Gasteiger partial charge in [0.2, 0.25) is 0 Å². The Bertz CT molecular complexity index is 985. The third-order valence-electron chi connectivity index (χ3n) is 3.72. The summed E-state index contributed by atoms with van der Waals surface area (Å²) in [4.78, 5) is 9.11. The summed E-state index contributed by atoms with van der Waals surface area (Å²) in [6, 6.07) is 14.8. The Morgan fingerprint density at radius 1 is 1.13 bits per heavy atom. The second kappa shape index (κ2) is 5.28. The molecule has 5 nitrogen and oxygen atoms in total. The van der Waals surface area contributed by atoms with Crippen LogP contribution in [-0.4, -0.2) is 19.6 Å². The number of phenols is 1. The Morgan fingerprint density at radius 3 is 2.83 bits per heavy atom. The standard InChI is InChI=1S/C18H15N3O2/c1-12-7-8-16(23-12)18-20-15-6-3-9-19-17(15)21(18)11-13-4-2-5-14(22)10-13/h2-10,22H,11H2,1H3. The molecule has 23 heavy (non-hydrogen) atoms. The number of hydrogen-bond donors (Lipinski definition) is 1. The summed E-state index contributed by atoms with van der Waals surface area (Å²) in [6.45, 7) is 2.46. The average Bonchev–Trinajstić information content (AvgIpc) is 3.12. The zero-order chi connectivity index (χ0) is 15.8. The summed E-state index contributed by atoms with van der Waals surface area (Å²) in [5.74, 6) is 2.52. The number of nitrogens with zero attached hydrogens (tertiary/aromatic N) is 3. The number of aromatic hydroxyl groups is 1. The van der Waals surface area contributed by atoms with Crippen molar-refractivity contribution < 1.29 is 9.52 Å². The maximum atomic E-state index is 9.69. The van der Waals surface area contributed by atoms with Gasteiger partial charge >= 0.3 is 0 Å². The highest BCUT2D eigenvalue weighted by Crippen LogP contribution is 2.26. The van der Waals surface area contributed by atoms with Gasteiger partial charge in [0.25, 0.3) is 0 Å². The van der Waals surface area contributed by atoms with Crippen LogP contribution in [0, 0.1) is 6.92 Å². The molecule has 0 spiro atoms. The van der Waals surface area contributed by atoms with E-state index in [9.17, 15) is 5.11 Å². The van der Waals surface area contributed by atoms with Gasteiger partial charge in [-0.2, -0.15) is 0 Å². The van der Waals surface area contributed by atoms with E-state index in [1.54, 1.807) is 18.3 Å². The van der Waals surface area contributed by atoms with Crippen LogP contribution in [0.4, 0.5) is 0 Å². The van der Waals surface area contributed by atoms with Crippen molar-refractivity contribution >= 4 is 11.2 Å². The topological polar surface area (TPSA) is 64.1 Å². The second-order valence-corrected chi connectivity index (χ2v) is 5.45. The van der Waals surface area contributed by atoms with Crippen LogP contribution in [-0.2, 0) is 6.54 Å². The van der Waals surface area contributed by atoms with E-state index in [-0.39, 0.29) is 5.75 Å². The van der Waals surface area contributed by atoms with Gasteiger partial charge in [-0.05, 0) is 48.9 Å². The summed E-state index contributed by atoms with van der Waals surface area (Å²) in [5.41, 5.74) is 2.58. The van der Waals surface area contributed by atoms with Gasteiger partial charge in [0.15, 0.2) is 17.2 Å². The number of imidazole rings is 1. The maximum absolute atomic E-state index is 9.69. The number of pyridine rings is 1. The largest absolute Gasteiger partial charge is 0.508 e. The predicted molar refractivity (Wildman–Crippen MR) is 87.2 cm³/mol. The van der Waals surface area contributed by atoms with Gasteiger partial charge in [0, 0.05) is 6.20 Å². The zero-order valence-electron chi connectivity index (χ0n) is 12.6. The molecule has 0 atom stereocenters. The maximum Gasteiger partial charge on any atom is 0.178 e. The van der Waals surface area contributed by atoms with Crippen molar-refractivity contribution in [2.24, 2.45) is 0 Å². The van der Waals surface area contributed by atoms with Crippen molar-refractivity contribution in [3.05, 3.63) is 66.1 Å². The van der Waals surface area contributed by atoms with Crippen molar-refractivity contribution in [3.63, 3.8) is 0 Å². The molecule has 4 rings (SSSR count). The number of furan rings is 1. The van der Waals surface area contributed by atoms with Gasteiger partial charge in [-0.1, -0.05) is 12.1 Å². The molecule has 0 radical (unpaired) electrons. The number of fused-ring (bicyclic) bond motifs is 1. The van der Waals surface area contributed by atoms with Crippen LogP contribution in [0.3, 0.4) is 0 Å². The fraction of sp³-hybridized carbons (Fsp3) is 0.111. The molecule has 114 valence electrons. The highest BCUT2D eigenvalue weighted by molar-refractivity contribution is 5.76. The molecule has 0 amide bonds. The molecular formula is C18H15N3O2. The quantitative estimate of drug-likeness (QED) is 0.626. The number of phenolic OH excluding ortho intramolecular Hbond substituents is 1. The first kappa shape index (κ1) is 13.6. The molecule has 1 N–H and O–H groups in total. The molecule has 1 aromatic carbocycles. The second-order valence-electron chi connectivity index (χ2n) is 5.45. The fourth-order valence-corrected chi connectivity index (χ4v) is 2.69. The molecule has 0 aliphatic heterocycles. The predicted octanol–water partition coefficient (Wildman–Crippen LogP) is 3.75. The van der Waals surface area contributed by atoms with Gasteiger partial charge in [-0.3, -0.25) is 0 Å². The van der Waals surface area contributed by atoms with Crippen LogP contribution in [0.15, 0.2) is 59.1 Å². The molecule has 5 heteroatoms.